The van der Waals surface area contributed by atoms with E-state index in [1.54, 1.807) is 6.92 Å². The lowest BCUT2D eigenvalue weighted by atomic mass is 10.2. The average Bonchev–Trinajstić information content (AvgIpc) is 3.04. The molecule has 2 aromatic rings. The van der Waals surface area contributed by atoms with Crippen molar-refractivity contribution >= 4 is 5.96 Å². The number of guanidine groups is 1. The van der Waals surface area contributed by atoms with Gasteiger partial charge >= 0.3 is 0 Å². The van der Waals surface area contributed by atoms with Crippen LogP contribution in [0.2, 0.25) is 0 Å². The van der Waals surface area contributed by atoms with Gasteiger partial charge in [-0.3, -0.25) is 0 Å². The van der Waals surface area contributed by atoms with E-state index in [4.69, 9.17) is 9.26 Å². The van der Waals surface area contributed by atoms with Crippen molar-refractivity contribution in [1.29, 1.82) is 0 Å². The fraction of sp³-hybridized carbons (Fsp3) is 0.500. The smallest absolute Gasteiger partial charge is 0.248 e. The summed E-state index contributed by atoms with van der Waals surface area (Å²) in [4.78, 5) is 8.60. The predicted molar refractivity (Wildman–Crippen MR) is 97.1 cm³/mol. The van der Waals surface area contributed by atoms with E-state index >= 15 is 0 Å². The van der Waals surface area contributed by atoms with Gasteiger partial charge in [0.15, 0.2) is 11.8 Å². The second kappa shape index (κ2) is 10.5. The van der Waals surface area contributed by atoms with Crippen molar-refractivity contribution in [3.63, 3.8) is 0 Å². The summed E-state index contributed by atoms with van der Waals surface area (Å²) < 4.78 is 10.8. The topological polar surface area (TPSA) is 84.6 Å². The zero-order chi connectivity index (χ0) is 17.9. The minimum atomic E-state index is 0.356. The molecule has 0 fully saturated rings. The third-order valence-electron chi connectivity index (χ3n) is 3.42. The first-order chi connectivity index (χ1) is 12.2. The number of ether oxygens (including phenoxy) is 1. The summed E-state index contributed by atoms with van der Waals surface area (Å²) in [5, 5.41) is 10.3. The monoisotopic (exact) mass is 345 g/mol. The zero-order valence-electron chi connectivity index (χ0n) is 15.2. The molecule has 2 rings (SSSR count). The summed E-state index contributed by atoms with van der Waals surface area (Å²) >= 11 is 0. The van der Waals surface area contributed by atoms with E-state index < -0.39 is 0 Å². The van der Waals surface area contributed by atoms with Crippen LogP contribution in [0, 0.1) is 12.8 Å². The zero-order valence-corrected chi connectivity index (χ0v) is 15.2. The van der Waals surface area contributed by atoms with E-state index in [0.29, 0.717) is 37.4 Å². The number of benzene rings is 1. The Bertz CT molecular complexity index is 642. The number of nitrogens with one attached hydrogen (secondary N) is 2. The molecule has 7 heteroatoms. The summed E-state index contributed by atoms with van der Waals surface area (Å²) in [5.41, 5.74) is 1.19. The van der Waals surface area contributed by atoms with Crippen LogP contribution in [0.1, 0.15) is 31.1 Å². The number of nitrogens with zero attached hydrogens (tertiary/aromatic N) is 3. The standard InChI is InChI=1S/C18H27N5O2/c1-4-19-18(21-11-17-22-15(3)23-25-17)20-10-14(2)12-24-13-16-8-6-5-7-9-16/h5-9,14H,4,10-13H2,1-3H3,(H2,19,20,21). The quantitative estimate of drug-likeness (QED) is 0.536. The number of rotatable bonds is 9. The van der Waals surface area contributed by atoms with E-state index in [1.807, 2.05) is 25.1 Å². The van der Waals surface area contributed by atoms with Crippen LogP contribution in [0.25, 0.3) is 0 Å². The Morgan fingerprint density at radius 2 is 2.08 bits per heavy atom. The van der Waals surface area contributed by atoms with Crippen LogP contribution < -0.4 is 10.6 Å². The summed E-state index contributed by atoms with van der Waals surface area (Å²) in [6.07, 6.45) is 0. The summed E-state index contributed by atoms with van der Waals surface area (Å²) in [5.74, 6) is 2.22. The van der Waals surface area contributed by atoms with Gasteiger partial charge in [-0.15, -0.1) is 0 Å². The fourth-order valence-electron chi connectivity index (χ4n) is 2.17. The fourth-order valence-corrected chi connectivity index (χ4v) is 2.17. The van der Waals surface area contributed by atoms with Gasteiger partial charge in [-0.2, -0.15) is 4.98 Å². The Labute approximate surface area is 148 Å². The van der Waals surface area contributed by atoms with Gasteiger partial charge < -0.3 is 19.9 Å². The van der Waals surface area contributed by atoms with Crippen LogP contribution in [-0.2, 0) is 17.9 Å². The van der Waals surface area contributed by atoms with Crippen LogP contribution >= 0.6 is 0 Å². The lowest BCUT2D eigenvalue weighted by Crippen LogP contribution is -2.40. The normalized spacial score (nSPS) is 12.8. The van der Waals surface area contributed by atoms with Gasteiger partial charge in [0.05, 0.1) is 13.2 Å². The van der Waals surface area contributed by atoms with Gasteiger partial charge in [-0.1, -0.05) is 42.4 Å². The molecule has 0 bridgehead atoms. The lowest BCUT2D eigenvalue weighted by Gasteiger charge is -2.16. The maximum absolute atomic E-state index is 5.77. The SMILES string of the molecule is CCNC(=NCc1nc(C)no1)NCC(C)COCc1ccccc1. The first kappa shape index (κ1) is 18.9. The highest BCUT2D eigenvalue weighted by Crippen LogP contribution is 2.03. The Morgan fingerprint density at radius 1 is 1.28 bits per heavy atom. The molecule has 0 spiro atoms. The first-order valence-corrected chi connectivity index (χ1v) is 8.60. The van der Waals surface area contributed by atoms with Crippen LogP contribution in [0.3, 0.4) is 0 Å². The summed E-state index contributed by atoms with van der Waals surface area (Å²) in [6, 6.07) is 10.2. The number of hydrogen-bond acceptors (Lipinski definition) is 5. The molecule has 0 saturated heterocycles. The summed E-state index contributed by atoms with van der Waals surface area (Å²) in [7, 11) is 0. The van der Waals surface area contributed by atoms with Gasteiger partial charge in [0, 0.05) is 13.1 Å². The molecule has 1 heterocycles. The molecular formula is C18H27N5O2. The molecule has 136 valence electrons. The van der Waals surface area contributed by atoms with Crippen molar-refractivity contribution in [3.8, 4) is 0 Å². The van der Waals surface area contributed by atoms with Crippen molar-refractivity contribution in [2.24, 2.45) is 10.9 Å². The third-order valence-corrected chi connectivity index (χ3v) is 3.42. The van der Waals surface area contributed by atoms with Gasteiger partial charge in [0.2, 0.25) is 5.89 Å². The minimum Gasteiger partial charge on any atom is -0.376 e. The molecule has 0 aliphatic rings. The van der Waals surface area contributed by atoms with E-state index in [1.165, 1.54) is 5.56 Å². The molecule has 25 heavy (non-hydrogen) atoms. The number of aliphatic imine (C=N–C) groups is 1. The van der Waals surface area contributed by atoms with Crippen LogP contribution in [-0.4, -0.2) is 35.8 Å². The summed E-state index contributed by atoms with van der Waals surface area (Å²) in [6.45, 7) is 9.19. The predicted octanol–water partition coefficient (Wildman–Crippen LogP) is 2.29. The van der Waals surface area contributed by atoms with Crippen molar-refractivity contribution in [3.05, 3.63) is 47.6 Å². The second-order valence-electron chi connectivity index (χ2n) is 5.92. The van der Waals surface area contributed by atoms with E-state index in [-0.39, 0.29) is 0 Å². The first-order valence-electron chi connectivity index (χ1n) is 8.60. The van der Waals surface area contributed by atoms with E-state index in [0.717, 1.165) is 19.0 Å². The maximum atomic E-state index is 5.77. The third kappa shape index (κ3) is 7.34. The molecule has 0 aliphatic heterocycles. The van der Waals surface area contributed by atoms with Crippen LogP contribution in [0.15, 0.2) is 39.8 Å². The molecule has 0 saturated carbocycles. The van der Waals surface area contributed by atoms with Crippen molar-refractivity contribution in [1.82, 2.24) is 20.8 Å². The van der Waals surface area contributed by atoms with Gasteiger partial charge in [-0.25, -0.2) is 4.99 Å². The highest BCUT2D eigenvalue weighted by molar-refractivity contribution is 5.79. The Balaban J connectivity index is 1.71. The molecular weight excluding hydrogens is 318 g/mol. The number of hydrogen-bond donors (Lipinski definition) is 2. The molecule has 1 atom stereocenters. The van der Waals surface area contributed by atoms with Crippen LogP contribution in [0.4, 0.5) is 0 Å². The molecule has 0 amide bonds. The highest BCUT2D eigenvalue weighted by atomic mass is 16.5. The Kier molecular flexibility index (Phi) is 7.91. The van der Waals surface area contributed by atoms with Gasteiger partial charge in [-0.05, 0) is 25.3 Å². The Morgan fingerprint density at radius 3 is 2.76 bits per heavy atom. The molecule has 0 radical (unpaired) electrons. The minimum absolute atomic E-state index is 0.356. The Hall–Kier alpha value is -2.41. The molecule has 1 aromatic heterocycles. The van der Waals surface area contributed by atoms with E-state index in [9.17, 15) is 0 Å². The molecule has 1 unspecified atom stereocenters. The molecule has 0 aliphatic carbocycles. The second-order valence-corrected chi connectivity index (χ2v) is 5.92. The van der Waals surface area contributed by atoms with Crippen molar-refractivity contribution < 1.29 is 9.26 Å². The molecule has 7 nitrogen and oxygen atoms in total. The van der Waals surface area contributed by atoms with Crippen LogP contribution in [0.5, 0.6) is 0 Å². The van der Waals surface area contributed by atoms with Gasteiger partial charge in [0.25, 0.3) is 0 Å². The average molecular weight is 345 g/mol. The van der Waals surface area contributed by atoms with E-state index in [2.05, 4.69) is 44.8 Å². The van der Waals surface area contributed by atoms with Gasteiger partial charge in [0.1, 0.15) is 6.54 Å². The molecule has 1 aromatic carbocycles. The number of aromatic nitrogens is 2. The number of aryl methyl sites for hydroxylation is 1. The largest absolute Gasteiger partial charge is 0.376 e. The lowest BCUT2D eigenvalue weighted by molar-refractivity contribution is 0.0931. The highest BCUT2D eigenvalue weighted by Gasteiger charge is 2.06. The molecule has 2 N–H and O–H groups in total. The van der Waals surface area contributed by atoms with Crippen molar-refractivity contribution in [2.45, 2.75) is 33.9 Å². The van der Waals surface area contributed by atoms with Crippen molar-refractivity contribution in [2.75, 3.05) is 19.7 Å². The maximum Gasteiger partial charge on any atom is 0.248 e.